The van der Waals surface area contributed by atoms with Gasteiger partial charge in [0.2, 0.25) is 5.91 Å². The molecule has 4 nitrogen and oxygen atoms in total. The molecule has 4 heteroatoms. The van der Waals surface area contributed by atoms with Gasteiger partial charge in [0.15, 0.2) is 0 Å². The molecule has 0 aromatic heterocycles. The van der Waals surface area contributed by atoms with Crippen LogP contribution in [0, 0.1) is 6.92 Å². The maximum Gasteiger partial charge on any atom is 0.224 e. The van der Waals surface area contributed by atoms with E-state index in [1.807, 2.05) is 18.2 Å². The van der Waals surface area contributed by atoms with Crippen LogP contribution in [-0.4, -0.2) is 13.0 Å². The number of hydrogen-bond donors (Lipinski definition) is 2. The van der Waals surface area contributed by atoms with Crippen molar-refractivity contribution in [3.05, 3.63) is 53.6 Å². The van der Waals surface area contributed by atoms with Gasteiger partial charge in [0.1, 0.15) is 5.75 Å². The van der Waals surface area contributed by atoms with Crippen molar-refractivity contribution in [2.45, 2.75) is 19.8 Å². The van der Waals surface area contributed by atoms with Crippen LogP contribution in [-0.2, 0) is 11.2 Å². The van der Waals surface area contributed by atoms with E-state index < -0.39 is 0 Å². The second kappa shape index (κ2) is 6.79. The van der Waals surface area contributed by atoms with E-state index in [0.29, 0.717) is 23.5 Å². The predicted octanol–water partition coefficient (Wildman–Crippen LogP) is 3.16. The van der Waals surface area contributed by atoms with Crippen molar-refractivity contribution < 1.29 is 9.53 Å². The summed E-state index contributed by atoms with van der Waals surface area (Å²) in [6.07, 6.45) is 1.15. The quantitative estimate of drug-likeness (QED) is 0.829. The Morgan fingerprint density at radius 1 is 1.24 bits per heavy atom. The molecule has 2 aromatic rings. The van der Waals surface area contributed by atoms with Gasteiger partial charge in [0, 0.05) is 18.2 Å². The monoisotopic (exact) mass is 284 g/mol. The Morgan fingerprint density at radius 2 is 2.00 bits per heavy atom. The molecule has 0 saturated heterocycles. The molecular weight excluding hydrogens is 264 g/mol. The minimum Gasteiger partial charge on any atom is -0.494 e. The molecule has 0 aliphatic carbocycles. The molecule has 2 rings (SSSR count). The molecular formula is C17H20N2O2. The van der Waals surface area contributed by atoms with Crippen molar-refractivity contribution in [1.29, 1.82) is 0 Å². The van der Waals surface area contributed by atoms with Crippen LogP contribution in [0.5, 0.6) is 5.75 Å². The van der Waals surface area contributed by atoms with E-state index in [-0.39, 0.29) is 5.91 Å². The number of methoxy groups -OCH3 is 1. The lowest BCUT2D eigenvalue weighted by molar-refractivity contribution is -0.116. The third-order valence-corrected chi connectivity index (χ3v) is 3.38. The van der Waals surface area contributed by atoms with Crippen molar-refractivity contribution >= 4 is 17.3 Å². The van der Waals surface area contributed by atoms with Crippen LogP contribution in [0.1, 0.15) is 17.5 Å². The van der Waals surface area contributed by atoms with E-state index in [2.05, 4.69) is 18.3 Å². The van der Waals surface area contributed by atoms with Crippen LogP contribution in [0.15, 0.2) is 42.5 Å². The van der Waals surface area contributed by atoms with Crippen LogP contribution >= 0.6 is 0 Å². The summed E-state index contributed by atoms with van der Waals surface area (Å²) in [4.78, 5) is 12.1. The molecule has 2 aromatic carbocycles. The smallest absolute Gasteiger partial charge is 0.224 e. The zero-order valence-electron chi connectivity index (χ0n) is 12.3. The van der Waals surface area contributed by atoms with E-state index in [1.54, 1.807) is 25.3 Å². The molecule has 0 spiro atoms. The summed E-state index contributed by atoms with van der Waals surface area (Å²) in [5.41, 5.74) is 9.33. The molecule has 0 saturated carbocycles. The highest BCUT2D eigenvalue weighted by Crippen LogP contribution is 2.26. The van der Waals surface area contributed by atoms with Gasteiger partial charge in [-0.05, 0) is 36.6 Å². The van der Waals surface area contributed by atoms with E-state index in [1.165, 1.54) is 11.1 Å². The van der Waals surface area contributed by atoms with Gasteiger partial charge in [-0.25, -0.2) is 0 Å². The Kier molecular flexibility index (Phi) is 4.82. The topological polar surface area (TPSA) is 64.3 Å². The Balaban J connectivity index is 1.98. The first-order valence-electron chi connectivity index (χ1n) is 6.88. The van der Waals surface area contributed by atoms with Crippen molar-refractivity contribution in [2.75, 3.05) is 18.2 Å². The first kappa shape index (κ1) is 14.9. The van der Waals surface area contributed by atoms with E-state index in [4.69, 9.17) is 10.5 Å². The summed E-state index contributed by atoms with van der Waals surface area (Å²) in [7, 11) is 1.55. The van der Waals surface area contributed by atoms with E-state index >= 15 is 0 Å². The van der Waals surface area contributed by atoms with Gasteiger partial charge < -0.3 is 15.8 Å². The van der Waals surface area contributed by atoms with Gasteiger partial charge in [-0.3, -0.25) is 4.79 Å². The van der Waals surface area contributed by atoms with Crippen LogP contribution in [0.25, 0.3) is 0 Å². The number of aryl methyl sites for hydroxylation is 2. The third-order valence-electron chi connectivity index (χ3n) is 3.38. The van der Waals surface area contributed by atoms with Crippen LogP contribution in [0.4, 0.5) is 11.4 Å². The molecule has 3 N–H and O–H groups in total. The molecule has 0 heterocycles. The molecule has 0 radical (unpaired) electrons. The van der Waals surface area contributed by atoms with Crippen LogP contribution < -0.4 is 15.8 Å². The summed E-state index contributed by atoms with van der Waals surface area (Å²) >= 11 is 0. The fraction of sp³-hybridized carbons (Fsp3) is 0.235. The normalized spacial score (nSPS) is 10.2. The van der Waals surface area contributed by atoms with Gasteiger partial charge in [-0.2, -0.15) is 0 Å². The highest BCUT2D eigenvalue weighted by atomic mass is 16.5. The summed E-state index contributed by atoms with van der Waals surface area (Å²) in [6.45, 7) is 2.05. The van der Waals surface area contributed by atoms with Crippen molar-refractivity contribution in [2.24, 2.45) is 0 Å². The zero-order valence-corrected chi connectivity index (χ0v) is 12.3. The summed E-state index contributed by atoms with van der Waals surface area (Å²) in [5, 5.41) is 2.86. The number of anilines is 2. The molecule has 0 atom stereocenters. The molecule has 0 aliphatic rings. The highest BCUT2D eigenvalue weighted by molar-refractivity contribution is 5.92. The lowest BCUT2D eigenvalue weighted by Gasteiger charge is -2.11. The second-order valence-corrected chi connectivity index (χ2v) is 4.93. The first-order valence-corrected chi connectivity index (χ1v) is 6.88. The second-order valence-electron chi connectivity index (χ2n) is 4.93. The molecule has 0 bridgehead atoms. The van der Waals surface area contributed by atoms with Crippen molar-refractivity contribution in [3.63, 3.8) is 0 Å². The zero-order chi connectivity index (χ0) is 15.2. The van der Waals surface area contributed by atoms with Crippen molar-refractivity contribution in [1.82, 2.24) is 0 Å². The fourth-order valence-corrected chi connectivity index (χ4v) is 2.16. The van der Waals surface area contributed by atoms with Gasteiger partial charge in [0.05, 0.1) is 12.8 Å². The average Bonchev–Trinajstić information content (AvgIpc) is 2.48. The molecule has 21 heavy (non-hydrogen) atoms. The number of benzene rings is 2. The van der Waals surface area contributed by atoms with Crippen LogP contribution in [0.3, 0.4) is 0 Å². The summed E-state index contributed by atoms with van der Waals surface area (Å²) in [6, 6.07) is 13.3. The number of carbonyl (C=O) groups excluding carboxylic acids is 1. The molecule has 1 amide bonds. The Morgan fingerprint density at radius 3 is 2.71 bits per heavy atom. The molecule has 0 fully saturated rings. The number of amides is 1. The fourth-order valence-electron chi connectivity index (χ4n) is 2.16. The highest BCUT2D eigenvalue weighted by Gasteiger charge is 2.08. The summed E-state index contributed by atoms with van der Waals surface area (Å²) in [5.74, 6) is 0.528. The SMILES string of the molecule is COc1cc(N)ccc1NC(=O)CCc1ccccc1C. The molecule has 0 aliphatic heterocycles. The number of ether oxygens (including phenoxy) is 1. The minimum atomic E-state index is -0.0404. The number of nitrogen functional groups attached to an aromatic ring is 1. The number of carbonyl (C=O) groups is 1. The maximum absolute atomic E-state index is 12.1. The Hall–Kier alpha value is -2.49. The Bertz CT molecular complexity index is 638. The van der Waals surface area contributed by atoms with Gasteiger partial charge >= 0.3 is 0 Å². The molecule has 110 valence electrons. The number of hydrogen-bond acceptors (Lipinski definition) is 3. The number of nitrogens with two attached hydrogens (primary N) is 1. The third kappa shape index (κ3) is 3.99. The first-order chi connectivity index (χ1) is 10.1. The predicted molar refractivity (Wildman–Crippen MR) is 85.5 cm³/mol. The standard InChI is InChI=1S/C17H20N2O2/c1-12-5-3-4-6-13(12)7-10-17(20)19-15-9-8-14(18)11-16(15)21-2/h3-6,8-9,11H,7,10,18H2,1-2H3,(H,19,20). The largest absolute Gasteiger partial charge is 0.494 e. The number of rotatable bonds is 5. The number of nitrogens with one attached hydrogen (secondary N) is 1. The van der Waals surface area contributed by atoms with Gasteiger partial charge in [0.25, 0.3) is 0 Å². The van der Waals surface area contributed by atoms with Gasteiger partial charge in [-0.15, -0.1) is 0 Å². The minimum absolute atomic E-state index is 0.0404. The van der Waals surface area contributed by atoms with E-state index in [0.717, 1.165) is 6.42 Å². The van der Waals surface area contributed by atoms with Gasteiger partial charge in [-0.1, -0.05) is 24.3 Å². The lowest BCUT2D eigenvalue weighted by Crippen LogP contribution is -2.13. The average molecular weight is 284 g/mol. The lowest BCUT2D eigenvalue weighted by atomic mass is 10.0. The maximum atomic E-state index is 12.1. The van der Waals surface area contributed by atoms with Crippen LogP contribution in [0.2, 0.25) is 0 Å². The van der Waals surface area contributed by atoms with E-state index in [9.17, 15) is 4.79 Å². The Labute approximate surface area is 124 Å². The van der Waals surface area contributed by atoms with Crippen molar-refractivity contribution in [3.8, 4) is 5.75 Å². The molecule has 0 unspecified atom stereocenters. The summed E-state index contributed by atoms with van der Waals surface area (Å²) < 4.78 is 5.21.